The number of hydrazone groups is 1. The second-order valence-corrected chi connectivity index (χ2v) is 8.09. The van der Waals surface area contributed by atoms with Gasteiger partial charge in [-0.2, -0.15) is 5.10 Å². The van der Waals surface area contributed by atoms with Crippen molar-refractivity contribution < 1.29 is 9.72 Å². The summed E-state index contributed by atoms with van der Waals surface area (Å²) in [6, 6.07) is 20.3. The number of carbonyl (C=O) groups excluding carboxylic acids is 1. The van der Waals surface area contributed by atoms with Gasteiger partial charge < -0.3 is 5.32 Å². The highest BCUT2D eigenvalue weighted by Crippen LogP contribution is 2.27. The molecule has 0 spiro atoms. The van der Waals surface area contributed by atoms with E-state index in [0.717, 1.165) is 22.1 Å². The van der Waals surface area contributed by atoms with Gasteiger partial charge in [0.2, 0.25) is 0 Å². The zero-order valence-electron chi connectivity index (χ0n) is 16.9. The molecule has 0 saturated heterocycles. The maximum atomic E-state index is 12.3. The van der Waals surface area contributed by atoms with Crippen LogP contribution in [0, 0.1) is 10.1 Å². The fraction of sp³-hybridized carbons (Fsp3) is 0. The number of nitro groups is 1. The van der Waals surface area contributed by atoms with Gasteiger partial charge in [-0.1, -0.05) is 35.9 Å². The van der Waals surface area contributed by atoms with E-state index in [1.807, 2.05) is 17.5 Å². The van der Waals surface area contributed by atoms with Gasteiger partial charge in [0, 0.05) is 44.9 Å². The van der Waals surface area contributed by atoms with Crippen molar-refractivity contribution in [2.24, 2.45) is 5.10 Å². The van der Waals surface area contributed by atoms with E-state index in [2.05, 4.69) is 20.8 Å². The Morgan fingerprint density at radius 1 is 1.09 bits per heavy atom. The number of non-ortho nitro benzene ring substituents is 1. The first-order valence-electron chi connectivity index (χ1n) is 9.64. The number of anilines is 2. The molecule has 2 N–H and O–H groups in total. The summed E-state index contributed by atoms with van der Waals surface area (Å²) < 4.78 is 0. The summed E-state index contributed by atoms with van der Waals surface area (Å²) in [6.45, 7) is 0. The van der Waals surface area contributed by atoms with Crippen LogP contribution in [0.4, 0.5) is 16.5 Å². The highest BCUT2D eigenvalue weighted by Gasteiger charge is 2.09. The summed E-state index contributed by atoms with van der Waals surface area (Å²) >= 11 is 7.38. The number of nitrogens with one attached hydrogen (secondary N) is 2. The topological polar surface area (TPSA) is 110 Å². The number of aromatic nitrogens is 1. The van der Waals surface area contributed by atoms with Crippen molar-refractivity contribution in [1.82, 2.24) is 10.4 Å². The predicted molar refractivity (Wildman–Crippen MR) is 130 cm³/mol. The van der Waals surface area contributed by atoms with Crippen molar-refractivity contribution in [2.75, 3.05) is 5.32 Å². The van der Waals surface area contributed by atoms with Crippen molar-refractivity contribution in [3.05, 3.63) is 104 Å². The number of nitrogens with zero attached hydrogens (tertiary/aromatic N) is 3. The van der Waals surface area contributed by atoms with Crippen molar-refractivity contribution in [2.45, 2.75) is 0 Å². The molecule has 164 valence electrons. The molecule has 8 nitrogen and oxygen atoms in total. The summed E-state index contributed by atoms with van der Waals surface area (Å²) in [6.07, 6.45) is 1.35. The average molecular weight is 478 g/mol. The minimum absolute atomic E-state index is 0.0468. The number of hydrogen-bond acceptors (Lipinski definition) is 7. The molecule has 0 bridgehead atoms. The number of amides is 1. The number of carbonyl (C=O) groups is 1. The van der Waals surface area contributed by atoms with Crippen LogP contribution in [-0.4, -0.2) is 22.0 Å². The Labute approximate surface area is 197 Å². The standard InChI is InChI=1S/C23H16ClN5O3S/c24-18-8-10-19(11-9-18)26-23-27-21(14-33-23)16-4-6-17(7-5-16)22(30)28-25-13-15-2-1-3-20(12-15)29(31)32/h1-14H,(H,26,27)(H,28,30)/b25-13-. The second kappa shape index (κ2) is 10.0. The van der Waals surface area contributed by atoms with Crippen molar-refractivity contribution in [3.63, 3.8) is 0 Å². The van der Waals surface area contributed by atoms with E-state index in [9.17, 15) is 14.9 Å². The van der Waals surface area contributed by atoms with E-state index in [-0.39, 0.29) is 5.69 Å². The van der Waals surface area contributed by atoms with E-state index >= 15 is 0 Å². The molecule has 10 heteroatoms. The molecule has 0 aliphatic carbocycles. The van der Waals surface area contributed by atoms with Crippen LogP contribution in [0.1, 0.15) is 15.9 Å². The normalized spacial score (nSPS) is 10.8. The van der Waals surface area contributed by atoms with E-state index in [1.165, 1.54) is 29.7 Å². The van der Waals surface area contributed by atoms with E-state index in [0.29, 0.717) is 16.1 Å². The Hall–Kier alpha value is -4.08. The molecule has 1 aromatic heterocycles. The first-order chi connectivity index (χ1) is 16.0. The molecule has 0 atom stereocenters. The minimum atomic E-state index is -0.490. The van der Waals surface area contributed by atoms with Crippen LogP contribution in [0.5, 0.6) is 0 Å². The molecule has 4 aromatic rings. The molecule has 0 radical (unpaired) electrons. The molecule has 0 aliphatic heterocycles. The van der Waals surface area contributed by atoms with Crippen molar-refractivity contribution >= 4 is 51.6 Å². The smallest absolute Gasteiger partial charge is 0.271 e. The molecular weight excluding hydrogens is 462 g/mol. The van der Waals surface area contributed by atoms with E-state index in [1.54, 1.807) is 48.5 Å². The number of thiazole rings is 1. The van der Waals surface area contributed by atoms with Gasteiger partial charge in [-0.05, 0) is 36.4 Å². The molecule has 3 aromatic carbocycles. The molecule has 33 heavy (non-hydrogen) atoms. The van der Waals surface area contributed by atoms with Gasteiger partial charge in [-0.15, -0.1) is 11.3 Å². The van der Waals surface area contributed by atoms with Crippen molar-refractivity contribution in [1.29, 1.82) is 0 Å². The largest absolute Gasteiger partial charge is 0.332 e. The molecular formula is C23H16ClN5O3S. The number of nitro benzene ring substituents is 1. The molecule has 0 fully saturated rings. The zero-order valence-corrected chi connectivity index (χ0v) is 18.5. The maximum Gasteiger partial charge on any atom is 0.271 e. The first-order valence-corrected chi connectivity index (χ1v) is 10.9. The lowest BCUT2D eigenvalue weighted by molar-refractivity contribution is -0.384. The number of rotatable bonds is 7. The lowest BCUT2D eigenvalue weighted by atomic mass is 10.1. The predicted octanol–water partition coefficient (Wildman–Crippen LogP) is 5.88. The van der Waals surface area contributed by atoms with E-state index in [4.69, 9.17) is 11.6 Å². The first kappa shape index (κ1) is 22.1. The number of benzene rings is 3. The SMILES string of the molecule is O=C(N/N=C\c1cccc([N+](=O)[O-])c1)c1ccc(-c2csc(Nc3ccc(Cl)cc3)n2)cc1. The minimum Gasteiger partial charge on any atom is -0.332 e. The summed E-state index contributed by atoms with van der Waals surface area (Å²) in [5, 5.41) is 21.3. The fourth-order valence-electron chi connectivity index (χ4n) is 2.86. The Kier molecular flexibility index (Phi) is 6.72. The third-order valence-corrected chi connectivity index (χ3v) is 5.51. The lowest BCUT2D eigenvalue weighted by Crippen LogP contribution is -2.17. The van der Waals surface area contributed by atoms with E-state index < -0.39 is 10.8 Å². The Morgan fingerprint density at radius 2 is 1.85 bits per heavy atom. The monoisotopic (exact) mass is 477 g/mol. The van der Waals surface area contributed by atoms with Gasteiger partial charge in [-0.3, -0.25) is 14.9 Å². The van der Waals surface area contributed by atoms with Crippen LogP contribution >= 0.6 is 22.9 Å². The van der Waals surface area contributed by atoms with Gasteiger partial charge in [0.05, 0.1) is 16.8 Å². The quantitative estimate of drug-likeness (QED) is 0.196. The molecule has 0 unspecified atom stereocenters. The average Bonchev–Trinajstić information content (AvgIpc) is 3.29. The third-order valence-electron chi connectivity index (χ3n) is 4.50. The van der Waals surface area contributed by atoms with Gasteiger partial charge in [0.25, 0.3) is 11.6 Å². The molecule has 0 saturated carbocycles. The molecule has 4 rings (SSSR count). The van der Waals surface area contributed by atoms with Crippen LogP contribution in [-0.2, 0) is 0 Å². The molecule has 0 aliphatic rings. The van der Waals surface area contributed by atoms with Crippen molar-refractivity contribution in [3.8, 4) is 11.3 Å². The number of hydrogen-bond donors (Lipinski definition) is 2. The summed E-state index contributed by atoms with van der Waals surface area (Å²) in [5.74, 6) is -0.397. The van der Waals surface area contributed by atoms with Crippen LogP contribution in [0.3, 0.4) is 0 Å². The summed E-state index contributed by atoms with van der Waals surface area (Å²) in [7, 11) is 0. The lowest BCUT2D eigenvalue weighted by Gasteiger charge is -2.03. The second-order valence-electron chi connectivity index (χ2n) is 6.80. The third kappa shape index (κ3) is 5.79. The van der Waals surface area contributed by atoms with Crippen LogP contribution in [0.15, 0.2) is 83.3 Å². The number of halogens is 1. The fourth-order valence-corrected chi connectivity index (χ4v) is 3.73. The molecule has 1 amide bonds. The van der Waals surface area contributed by atoms with Crippen LogP contribution in [0.2, 0.25) is 5.02 Å². The highest BCUT2D eigenvalue weighted by atomic mass is 35.5. The van der Waals surface area contributed by atoms with Gasteiger partial charge >= 0.3 is 0 Å². The maximum absolute atomic E-state index is 12.3. The molecule has 1 heterocycles. The highest BCUT2D eigenvalue weighted by molar-refractivity contribution is 7.14. The Morgan fingerprint density at radius 3 is 2.58 bits per heavy atom. The Bertz CT molecular complexity index is 1320. The van der Waals surface area contributed by atoms with Gasteiger partial charge in [0.1, 0.15) is 0 Å². The Balaban J connectivity index is 1.37. The summed E-state index contributed by atoms with van der Waals surface area (Å²) in [4.78, 5) is 27.2. The summed E-state index contributed by atoms with van der Waals surface area (Å²) in [5.41, 5.74) is 5.84. The van der Waals surface area contributed by atoms with Crippen LogP contribution in [0.25, 0.3) is 11.3 Å². The van der Waals surface area contributed by atoms with Gasteiger partial charge in [-0.25, -0.2) is 10.4 Å². The van der Waals surface area contributed by atoms with Crippen LogP contribution < -0.4 is 10.7 Å². The zero-order chi connectivity index (χ0) is 23.2. The van der Waals surface area contributed by atoms with Gasteiger partial charge in [0.15, 0.2) is 5.13 Å².